The molecule has 0 heterocycles. The van der Waals surface area contributed by atoms with Crippen molar-refractivity contribution in [1.29, 1.82) is 0 Å². The van der Waals surface area contributed by atoms with Gasteiger partial charge in [0.2, 0.25) is 0 Å². The summed E-state index contributed by atoms with van der Waals surface area (Å²) in [7, 11) is 0. The first-order valence-corrected chi connectivity index (χ1v) is 5.88. The van der Waals surface area contributed by atoms with Gasteiger partial charge in [-0.05, 0) is 25.7 Å². The van der Waals surface area contributed by atoms with E-state index in [1.165, 1.54) is 25.7 Å². The van der Waals surface area contributed by atoms with Gasteiger partial charge in [-0.1, -0.05) is 34.5 Å². The van der Waals surface area contributed by atoms with Crippen molar-refractivity contribution in [3.05, 3.63) is 12.2 Å². The van der Waals surface area contributed by atoms with Gasteiger partial charge in [-0.2, -0.15) is 0 Å². The van der Waals surface area contributed by atoms with Crippen LogP contribution in [0.15, 0.2) is 12.2 Å². The highest BCUT2D eigenvalue weighted by molar-refractivity contribution is 9.09. The summed E-state index contributed by atoms with van der Waals surface area (Å²) < 4.78 is 5.67. The van der Waals surface area contributed by atoms with E-state index in [0.29, 0.717) is 6.10 Å². The zero-order chi connectivity index (χ0) is 8.65. The third-order valence-corrected chi connectivity index (χ3v) is 2.47. The number of allylic oxidation sites excluding steroid dienone is 1. The minimum Gasteiger partial charge on any atom is -0.377 e. The lowest BCUT2D eigenvalue weighted by Gasteiger charge is -2.16. The molecule has 0 fully saturated rings. The molecule has 0 bridgehead atoms. The summed E-state index contributed by atoms with van der Waals surface area (Å²) in [6.07, 6.45) is 11.2. The average Bonchev–Trinajstić information content (AvgIpc) is 2.02. The lowest BCUT2D eigenvalue weighted by atomic mass is 10.0. The highest BCUT2D eigenvalue weighted by Gasteiger charge is 2.07. The Kier molecular flexibility index (Phi) is 5.70. The third-order valence-electron chi connectivity index (χ3n) is 2.14. The van der Waals surface area contributed by atoms with Crippen LogP contribution < -0.4 is 0 Å². The molecule has 0 radical (unpaired) electrons. The van der Waals surface area contributed by atoms with E-state index in [1.807, 2.05) is 0 Å². The summed E-state index contributed by atoms with van der Waals surface area (Å²) in [4.78, 5) is 0. The van der Waals surface area contributed by atoms with Crippen LogP contribution in [0.1, 0.15) is 32.1 Å². The quantitative estimate of drug-likeness (QED) is 0.537. The molecule has 12 heavy (non-hydrogen) atoms. The summed E-state index contributed by atoms with van der Waals surface area (Å²) >= 11 is 3.37. The van der Waals surface area contributed by atoms with Crippen LogP contribution in [0.25, 0.3) is 0 Å². The summed E-state index contributed by atoms with van der Waals surface area (Å²) in [5.41, 5.74) is 0. The smallest absolute Gasteiger partial charge is 0.0609 e. The predicted molar refractivity (Wildman–Crippen MR) is 55.8 cm³/mol. The molecule has 70 valence electrons. The standard InChI is InChI=1S/C10H17BrO/c11-8-9-12-10-6-4-2-1-3-5-7-10/h2,4,10H,1,3,5-9H2/b4-2-. The number of halogens is 1. The van der Waals surface area contributed by atoms with Gasteiger partial charge in [0.25, 0.3) is 0 Å². The highest BCUT2D eigenvalue weighted by atomic mass is 79.9. The van der Waals surface area contributed by atoms with Crippen molar-refractivity contribution in [2.75, 3.05) is 11.9 Å². The zero-order valence-corrected chi connectivity index (χ0v) is 9.05. The van der Waals surface area contributed by atoms with E-state index in [1.54, 1.807) is 0 Å². The second kappa shape index (κ2) is 6.67. The van der Waals surface area contributed by atoms with E-state index in [-0.39, 0.29) is 0 Å². The molecule has 1 atom stereocenters. The maximum absolute atomic E-state index is 5.67. The normalized spacial score (nSPS) is 27.6. The molecule has 0 N–H and O–H groups in total. The molecule has 0 saturated carbocycles. The minimum absolute atomic E-state index is 0.471. The minimum atomic E-state index is 0.471. The second-order valence-corrected chi connectivity index (χ2v) is 3.97. The van der Waals surface area contributed by atoms with Crippen molar-refractivity contribution >= 4 is 15.9 Å². The van der Waals surface area contributed by atoms with Crippen LogP contribution in [0.5, 0.6) is 0 Å². The maximum Gasteiger partial charge on any atom is 0.0609 e. The molecule has 1 unspecified atom stereocenters. The molecule has 0 aromatic heterocycles. The number of alkyl halides is 1. The van der Waals surface area contributed by atoms with Crippen LogP contribution in [0.3, 0.4) is 0 Å². The first-order valence-electron chi connectivity index (χ1n) is 4.76. The second-order valence-electron chi connectivity index (χ2n) is 3.17. The van der Waals surface area contributed by atoms with Gasteiger partial charge >= 0.3 is 0 Å². The Morgan fingerprint density at radius 1 is 1.33 bits per heavy atom. The molecule has 0 amide bonds. The van der Waals surface area contributed by atoms with Crippen LogP contribution in [0.4, 0.5) is 0 Å². The van der Waals surface area contributed by atoms with Crippen LogP contribution in [0.2, 0.25) is 0 Å². The predicted octanol–water partition coefficient (Wildman–Crippen LogP) is 3.29. The molecule has 1 rings (SSSR count). The molecule has 0 aliphatic heterocycles. The van der Waals surface area contributed by atoms with E-state index < -0.39 is 0 Å². The number of hydrogen-bond donors (Lipinski definition) is 0. The number of rotatable bonds is 3. The van der Waals surface area contributed by atoms with E-state index >= 15 is 0 Å². The van der Waals surface area contributed by atoms with Crippen LogP contribution in [-0.4, -0.2) is 18.0 Å². The molecular weight excluding hydrogens is 216 g/mol. The van der Waals surface area contributed by atoms with Crippen LogP contribution in [-0.2, 0) is 4.74 Å². The summed E-state index contributed by atoms with van der Waals surface area (Å²) in [6, 6.07) is 0. The van der Waals surface area contributed by atoms with Gasteiger partial charge in [0, 0.05) is 5.33 Å². The molecule has 0 aromatic carbocycles. The SMILES string of the molecule is BrCCOC1C/C=C\CCCC1. The number of hydrogen-bond acceptors (Lipinski definition) is 1. The van der Waals surface area contributed by atoms with Crippen LogP contribution in [0, 0.1) is 0 Å². The Hall–Kier alpha value is 0.180. The van der Waals surface area contributed by atoms with Gasteiger partial charge in [-0.3, -0.25) is 0 Å². The molecule has 2 heteroatoms. The first-order chi connectivity index (χ1) is 5.93. The molecule has 1 aliphatic carbocycles. The molecular formula is C10H17BrO. The van der Waals surface area contributed by atoms with Gasteiger partial charge in [0.1, 0.15) is 0 Å². The average molecular weight is 233 g/mol. The summed E-state index contributed by atoms with van der Waals surface area (Å²) in [6.45, 7) is 0.846. The Morgan fingerprint density at radius 3 is 3.08 bits per heavy atom. The lowest BCUT2D eigenvalue weighted by molar-refractivity contribution is 0.0588. The van der Waals surface area contributed by atoms with Crippen molar-refractivity contribution in [3.8, 4) is 0 Å². The molecule has 1 nitrogen and oxygen atoms in total. The Morgan fingerprint density at radius 2 is 2.25 bits per heavy atom. The molecule has 0 saturated heterocycles. The van der Waals surface area contributed by atoms with Crippen molar-refractivity contribution < 1.29 is 4.74 Å². The lowest BCUT2D eigenvalue weighted by Crippen LogP contribution is -2.14. The summed E-state index contributed by atoms with van der Waals surface area (Å²) in [5.74, 6) is 0. The van der Waals surface area contributed by atoms with E-state index in [0.717, 1.165) is 18.4 Å². The largest absolute Gasteiger partial charge is 0.377 e. The van der Waals surface area contributed by atoms with Gasteiger partial charge in [0.05, 0.1) is 12.7 Å². The first kappa shape index (κ1) is 10.3. The van der Waals surface area contributed by atoms with Crippen molar-refractivity contribution in [1.82, 2.24) is 0 Å². The zero-order valence-electron chi connectivity index (χ0n) is 7.47. The van der Waals surface area contributed by atoms with Gasteiger partial charge in [0.15, 0.2) is 0 Å². The van der Waals surface area contributed by atoms with E-state index in [2.05, 4.69) is 28.1 Å². The fourth-order valence-electron chi connectivity index (χ4n) is 1.48. The molecule has 0 aromatic rings. The highest BCUT2D eigenvalue weighted by Crippen LogP contribution is 2.14. The van der Waals surface area contributed by atoms with Crippen molar-refractivity contribution in [3.63, 3.8) is 0 Å². The Balaban J connectivity index is 2.20. The van der Waals surface area contributed by atoms with Crippen LogP contribution >= 0.6 is 15.9 Å². The fourth-order valence-corrected chi connectivity index (χ4v) is 1.67. The van der Waals surface area contributed by atoms with Gasteiger partial charge < -0.3 is 4.74 Å². The monoisotopic (exact) mass is 232 g/mol. The Labute approximate surface area is 83.3 Å². The van der Waals surface area contributed by atoms with E-state index in [4.69, 9.17) is 4.74 Å². The molecule has 0 spiro atoms. The van der Waals surface area contributed by atoms with Crippen molar-refractivity contribution in [2.24, 2.45) is 0 Å². The maximum atomic E-state index is 5.67. The third kappa shape index (κ3) is 4.27. The van der Waals surface area contributed by atoms with Gasteiger partial charge in [-0.25, -0.2) is 0 Å². The fraction of sp³-hybridized carbons (Fsp3) is 0.800. The van der Waals surface area contributed by atoms with E-state index in [9.17, 15) is 0 Å². The molecule has 1 aliphatic rings. The number of ether oxygens (including phenoxy) is 1. The van der Waals surface area contributed by atoms with Crippen molar-refractivity contribution in [2.45, 2.75) is 38.2 Å². The Bertz CT molecular complexity index is 134. The van der Waals surface area contributed by atoms with Gasteiger partial charge in [-0.15, -0.1) is 0 Å². The topological polar surface area (TPSA) is 9.23 Å². The summed E-state index contributed by atoms with van der Waals surface area (Å²) in [5, 5.41) is 0.952.